The largest absolute Gasteiger partial charge is 0.457 e. The van der Waals surface area contributed by atoms with Gasteiger partial charge in [-0.25, -0.2) is 4.79 Å². The number of benzene rings is 1. The summed E-state index contributed by atoms with van der Waals surface area (Å²) in [6.45, 7) is 3.24. The van der Waals surface area contributed by atoms with Gasteiger partial charge in [0.25, 0.3) is 0 Å². The van der Waals surface area contributed by atoms with Crippen LogP contribution in [0.4, 0.5) is 5.69 Å². The van der Waals surface area contributed by atoms with E-state index in [1.165, 1.54) is 64.2 Å². The molecule has 2 aromatic rings. The number of unbranched alkanes of at least 4 members (excludes halogenated alkanes) is 9. The highest BCUT2D eigenvalue weighted by molar-refractivity contribution is 6.20. The number of pyridine rings is 1. The molecule has 0 bridgehead atoms. The summed E-state index contributed by atoms with van der Waals surface area (Å²) < 4.78 is 5.35. The number of ether oxygens (including phenoxy) is 1. The van der Waals surface area contributed by atoms with Crippen molar-refractivity contribution in [2.24, 2.45) is 0 Å². The summed E-state index contributed by atoms with van der Waals surface area (Å²) in [4.78, 5) is 16.1. The highest BCUT2D eigenvalue weighted by Gasteiger charge is 2.08. The van der Waals surface area contributed by atoms with E-state index in [0.717, 1.165) is 24.2 Å². The zero-order valence-electron chi connectivity index (χ0n) is 19.5. The van der Waals surface area contributed by atoms with Crippen molar-refractivity contribution in [3.63, 3.8) is 0 Å². The molecule has 2 rings (SSSR count). The molecule has 0 fully saturated rings. The quantitative estimate of drug-likeness (QED) is 0.149. The number of esters is 1. The first kappa shape index (κ1) is 26.2. The topological polar surface area (TPSA) is 51.2 Å². The normalized spacial score (nSPS) is 11.8. The number of carbonyl (C=O) groups excluding carboxylic acids is 1. The van der Waals surface area contributed by atoms with Crippen molar-refractivity contribution in [2.75, 3.05) is 11.9 Å². The Labute approximate surface area is 199 Å². The zero-order chi connectivity index (χ0) is 22.9. The minimum Gasteiger partial charge on any atom is -0.457 e. The van der Waals surface area contributed by atoms with Crippen LogP contribution >= 0.6 is 11.6 Å². The molecule has 1 aromatic carbocycles. The van der Waals surface area contributed by atoms with Crippen LogP contribution in [-0.4, -0.2) is 22.9 Å². The minimum atomic E-state index is -0.329. The van der Waals surface area contributed by atoms with Crippen LogP contribution in [0, 0.1) is 0 Å². The van der Waals surface area contributed by atoms with Crippen LogP contribution in [0.5, 0.6) is 0 Å². The molecule has 1 aromatic heterocycles. The predicted octanol–water partition coefficient (Wildman–Crippen LogP) is 7.77. The van der Waals surface area contributed by atoms with E-state index >= 15 is 0 Å². The smallest absolute Gasteiger partial charge is 0.338 e. The van der Waals surface area contributed by atoms with E-state index in [9.17, 15) is 4.79 Å². The summed E-state index contributed by atoms with van der Waals surface area (Å²) in [5.41, 5.74) is 2.42. The van der Waals surface area contributed by atoms with Gasteiger partial charge in [-0.2, -0.15) is 0 Å². The maximum Gasteiger partial charge on any atom is 0.338 e. The SMILES string of the molecule is CCCCCCCCCCCCC(Cl)CNc1ccc(C(=O)OCc2ccncc2)cc1. The Hall–Kier alpha value is -2.07. The summed E-state index contributed by atoms with van der Waals surface area (Å²) in [6, 6.07) is 11.0. The van der Waals surface area contributed by atoms with Gasteiger partial charge in [0.2, 0.25) is 0 Å². The summed E-state index contributed by atoms with van der Waals surface area (Å²) in [6.07, 6.45) is 17.8. The molecule has 0 aliphatic heterocycles. The van der Waals surface area contributed by atoms with Gasteiger partial charge in [-0.15, -0.1) is 11.6 Å². The van der Waals surface area contributed by atoms with Crippen molar-refractivity contribution < 1.29 is 9.53 Å². The molecule has 1 heterocycles. The summed E-state index contributed by atoms with van der Waals surface area (Å²) in [7, 11) is 0. The summed E-state index contributed by atoms with van der Waals surface area (Å²) in [5, 5.41) is 3.48. The fourth-order valence-corrected chi connectivity index (χ4v) is 3.85. The number of hydrogen-bond acceptors (Lipinski definition) is 4. The van der Waals surface area contributed by atoms with Crippen LogP contribution in [0.3, 0.4) is 0 Å². The first-order chi connectivity index (χ1) is 15.7. The lowest BCUT2D eigenvalue weighted by Crippen LogP contribution is -2.14. The first-order valence-corrected chi connectivity index (χ1v) is 12.7. The highest BCUT2D eigenvalue weighted by Crippen LogP contribution is 2.16. The lowest BCUT2D eigenvalue weighted by molar-refractivity contribution is 0.0472. The molecule has 0 saturated heterocycles. The number of aromatic nitrogens is 1. The van der Waals surface area contributed by atoms with E-state index < -0.39 is 0 Å². The van der Waals surface area contributed by atoms with E-state index in [2.05, 4.69) is 17.2 Å². The van der Waals surface area contributed by atoms with E-state index in [4.69, 9.17) is 16.3 Å². The average molecular weight is 459 g/mol. The fourth-order valence-electron chi connectivity index (χ4n) is 3.62. The Morgan fingerprint density at radius 2 is 1.50 bits per heavy atom. The Kier molecular flexibility index (Phi) is 13.5. The van der Waals surface area contributed by atoms with E-state index in [1.54, 1.807) is 24.5 Å². The Bertz CT molecular complexity index is 737. The van der Waals surface area contributed by atoms with Gasteiger partial charge in [0.1, 0.15) is 6.61 Å². The molecule has 0 radical (unpaired) electrons. The number of alkyl halides is 1. The van der Waals surface area contributed by atoms with Gasteiger partial charge in [-0.05, 0) is 48.4 Å². The molecule has 32 heavy (non-hydrogen) atoms. The van der Waals surface area contributed by atoms with Gasteiger partial charge in [0.15, 0.2) is 0 Å². The summed E-state index contributed by atoms with van der Waals surface area (Å²) in [5.74, 6) is -0.329. The van der Waals surface area contributed by atoms with Crippen LogP contribution in [0.15, 0.2) is 48.8 Å². The van der Waals surface area contributed by atoms with Crippen LogP contribution in [-0.2, 0) is 11.3 Å². The lowest BCUT2D eigenvalue weighted by Gasteiger charge is -2.12. The van der Waals surface area contributed by atoms with Crippen molar-refractivity contribution in [1.82, 2.24) is 4.98 Å². The second-order valence-electron chi connectivity index (χ2n) is 8.46. The number of halogens is 1. The zero-order valence-corrected chi connectivity index (χ0v) is 20.3. The molecular formula is C27H39ClN2O2. The third-order valence-corrected chi connectivity index (χ3v) is 6.01. The number of hydrogen-bond donors (Lipinski definition) is 1. The number of nitrogens with one attached hydrogen (secondary N) is 1. The molecule has 5 heteroatoms. The third-order valence-electron chi connectivity index (χ3n) is 5.64. The monoisotopic (exact) mass is 458 g/mol. The second-order valence-corrected chi connectivity index (χ2v) is 9.07. The molecule has 1 N–H and O–H groups in total. The van der Waals surface area contributed by atoms with Crippen molar-refractivity contribution in [2.45, 2.75) is 89.5 Å². The van der Waals surface area contributed by atoms with Crippen molar-refractivity contribution >= 4 is 23.3 Å². The van der Waals surface area contributed by atoms with Gasteiger partial charge in [0.05, 0.1) is 10.9 Å². The standard InChI is InChI=1S/C27H39ClN2O2/c1-2-3-4-5-6-7-8-9-10-11-12-25(28)21-30-26-15-13-24(14-16-26)27(31)32-22-23-17-19-29-20-18-23/h13-20,25,30H,2-12,21-22H2,1H3. The highest BCUT2D eigenvalue weighted by atomic mass is 35.5. The van der Waals surface area contributed by atoms with Gasteiger partial charge >= 0.3 is 5.97 Å². The minimum absolute atomic E-state index is 0.119. The maximum absolute atomic E-state index is 12.2. The lowest BCUT2D eigenvalue weighted by atomic mass is 10.1. The molecule has 0 spiro atoms. The Morgan fingerprint density at radius 3 is 2.12 bits per heavy atom. The summed E-state index contributed by atoms with van der Waals surface area (Å²) >= 11 is 6.48. The van der Waals surface area contributed by atoms with Crippen molar-refractivity contribution in [1.29, 1.82) is 0 Å². The molecule has 0 aliphatic carbocycles. The molecule has 0 saturated carbocycles. The maximum atomic E-state index is 12.2. The first-order valence-electron chi connectivity index (χ1n) is 12.2. The van der Waals surface area contributed by atoms with Crippen molar-refractivity contribution in [3.05, 3.63) is 59.9 Å². The number of anilines is 1. The van der Waals surface area contributed by atoms with Crippen LogP contribution in [0.1, 0.15) is 93.5 Å². The van der Waals surface area contributed by atoms with Crippen molar-refractivity contribution in [3.8, 4) is 0 Å². The second kappa shape index (κ2) is 16.5. The van der Waals surface area contributed by atoms with Gasteiger partial charge < -0.3 is 10.1 Å². The molecule has 176 valence electrons. The van der Waals surface area contributed by atoms with Gasteiger partial charge in [-0.1, -0.05) is 71.1 Å². The van der Waals surface area contributed by atoms with Crippen LogP contribution in [0.25, 0.3) is 0 Å². The number of rotatable bonds is 17. The Morgan fingerprint density at radius 1 is 0.906 bits per heavy atom. The average Bonchev–Trinajstić information content (AvgIpc) is 2.83. The predicted molar refractivity (Wildman–Crippen MR) is 134 cm³/mol. The van der Waals surface area contributed by atoms with Gasteiger partial charge in [-0.3, -0.25) is 4.98 Å². The molecule has 1 unspecified atom stereocenters. The van der Waals surface area contributed by atoms with E-state index in [1.807, 2.05) is 24.3 Å². The molecule has 4 nitrogen and oxygen atoms in total. The van der Waals surface area contributed by atoms with Crippen LogP contribution in [0.2, 0.25) is 0 Å². The van der Waals surface area contributed by atoms with Gasteiger partial charge in [0, 0.05) is 24.6 Å². The third kappa shape index (κ3) is 11.5. The van der Waals surface area contributed by atoms with E-state index in [0.29, 0.717) is 5.56 Å². The molecular weight excluding hydrogens is 420 g/mol. The Balaban J connectivity index is 1.53. The fraction of sp³-hybridized carbons (Fsp3) is 0.556. The number of carbonyl (C=O) groups is 1. The molecule has 0 aliphatic rings. The van der Waals surface area contributed by atoms with E-state index in [-0.39, 0.29) is 18.0 Å². The number of nitrogens with zero attached hydrogens (tertiary/aromatic N) is 1. The molecule has 1 atom stereocenters. The van der Waals surface area contributed by atoms with Crippen LogP contribution < -0.4 is 5.32 Å². The molecule has 0 amide bonds.